The van der Waals surface area contributed by atoms with E-state index in [9.17, 15) is 4.79 Å². The van der Waals surface area contributed by atoms with Crippen LogP contribution in [0.3, 0.4) is 0 Å². The summed E-state index contributed by atoms with van der Waals surface area (Å²) in [5.74, 6) is 2.90. The molecule has 1 amide bonds. The maximum Gasteiger partial charge on any atom is 0.270 e. The molecule has 26 heavy (non-hydrogen) atoms. The Labute approximate surface area is 152 Å². The number of hydrogen-bond acceptors (Lipinski definition) is 7. The van der Waals surface area contributed by atoms with Gasteiger partial charge in [0.05, 0.1) is 12.1 Å². The Morgan fingerprint density at radius 3 is 3.00 bits per heavy atom. The number of thiophene rings is 1. The van der Waals surface area contributed by atoms with E-state index in [2.05, 4.69) is 15.5 Å². The minimum absolute atomic E-state index is 0.120. The number of anilines is 1. The van der Waals surface area contributed by atoms with Gasteiger partial charge >= 0.3 is 0 Å². The largest absolute Gasteiger partial charge is 0.454 e. The third-order valence-corrected chi connectivity index (χ3v) is 5.22. The third kappa shape index (κ3) is 2.92. The van der Waals surface area contributed by atoms with Gasteiger partial charge in [-0.15, -0.1) is 11.3 Å². The highest BCUT2D eigenvalue weighted by atomic mass is 32.1. The summed E-state index contributed by atoms with van der Waals surface area (Å²) < 4.78 is 16.0. The number of fused-ring (bicyclic) bond motifs is 1. The molecule has 2 aliphatic rings. The molecule has 0 atom stereocenters. The molecule has 2 aromatic heterocycles. The lowest BCUT2D eigenvalue weighted by atomic mass is 10.1. The molecular formula is C18H15N3O4S. The number of nitrogens with one attached hydrogen (secondary N) is 1. The van der Waals surface area contributed by atoms with Crippen LogP contribution in [0.15, 0.2) is 34.2 Å². The molecule has 7 nitrogen and oxygen atoms in total. The molecule has 8 heteroatoms. The maximum absolute atomic E-state index is 12.4. The summed E-state index contributed by atoms with van der Waals surface area (Å²) in [5, 5.41) is 8.86. The molecule has 0 radical (unpaired) electrons. The van der Waals surface area contributed by atoms with Crippen molar-refractivity contribution in [1.82, 2.24) is 10.1 Å². The van der Waals surface area contributed by atoms with Crippen molar-refractivity contribution in [3.63, 3.8) is 0 Å². The Morgan fingerprint density at radius 1 is 1.23 bits per heavy atom. The summed E-state index contributed by atoms with van der Waals surface area (Å²) in [6.45, 7) is 0.219. The van der Waals surface area contributed by atoms with Gasteiger partial charge in [0, 0.05) is 5.92 Å². The molecular weight excluding hydrogens is 354 g/mol. The first-order valence-corrected chi connectivity index (χ1v) is 9.24. The van der Waals surface area contributed by atoms with Crippen LogP contribution >= 0.6 is 11.3 Å². The lowest BCUT2D eigenvalue weighted by Crippen LogP contribution is -2.14. The topological polar surface area (TPSA) is 86.5 Å². The SMILES string of the molecule is O=C(Cc1ccc2c(c1)OCO2)Nc1ccsc1-c1nc(C2CC2)no1. The van der Waals surface area contributed by atoms with Crippen LogP contribution in [0.4, 0.5) is 5.69 Å². The van der Waals surface area contributed by atoms with E-state index in [0.29, 0.717) is 29.0 Å². The molecule has 1 saturated carbocycles. The van der Waals surface area contributed by atoms with Gasteiger partial charge in [-0.25, -0.2) is 0 Å². The van der Waals surface area contributed by atoms with E-state index < -0.39 is 0 Å². The standard InChI is InChI=1S/C18H15N3O4S/c22-15(8-10-1-4-13-14(7-10)24-9-23-13)19-12-5-6-26-16(12)18-20-17(21-25-18)11-2-3-11/h1,4-7,11H,2-3,8-9H2,(H,19,22). The Bertz CT molecular complexity index is 976. The van der Waals surface area contributed by atoms with Gasteiger partial charge in [-0.3, -0.25) is 4.79 Å². The monoisotopic (exact) mass is 369 g/mol. The number of rotatable bonds is 5. The molecule has 0 spiro atoms. The summed E-state index contributed by atoms with van der Waals surface area (Å²) in [5.41, 5.74) is 1.55. The zero-order chi connectivity index (χ0) is 17.5. The van der Waals surface area contributed by atoms with E-state index in [1.54, 1.807) is 0 Å². The van der Waals surface area contributed by atoms with E-state index in [-0.39, 0.29) is 19.1 Å². The second-order valence-electron chi connectivity index (χ2n) is 6.31. The first kappa shape index (κ1) is 15.4. The molecule has 1 aliphatic carbocycles. The predicted molar refractivity (Wildman–Crippen MR) is 94.5 cm³/mol. The average molecular weight is 369 g/mol. The van der Waals surface area contributed by atoms with Crippen molar-refractivity contribution in [3.05, 3.63) is 41.0 Å². The van der Waals surface area contributed by atoms with Crippen LogP contribution in [0.1, 0.15) is 30.1 Å². The number of hydrogen-bond donors (Lipinski definition) is 1. The van der Waals surface area contributed by atoms with Crippen LogP contribution in [0.25, 0.3) is 10.8 Å². The second kappa shape index (κ2) is 6.14. The minimum Gasteiger partial charge on any atom is -0.454 e. The summed E-state index contributed by atoms with van der Waals surface area (Å²) in [7, 11) is 0. The molecule has 132 valence electrons. The normalized spacial score (nSPS) is 15.2. The smallest absolute Gasteiger partial charge is 0.270 e. The molecule has 1 aromatic carbocycles. The van der Waals surface area contributed by atoms with Crippen molar-refractivity contribution in [2.75, 3.05) is 12.1 Å². The summed E-state index contributed by atoms with van der Waals surface area (Å²) in [4.78, 5) is 17.7. The lowest BCUT2D eigenvalue weighted by molar-refractivity contribution is -0.115. The van der Waals surface area contributed by atoms with Gasteiger partial charge < -0.3 is 19.3 Å². The van der Waals surface area contributed by atoms with Gasteiger partial charge in [0.1, 0.15) is 4.88 Å². The van der Waals surface area contributed by atoms with Gasteiger partial charge in [-0.1, -0.05) is 11.2 Å². The quantitative estimate of drug-likeness (QED) is 0.740. The molecule has 3 aromatic rings. The Morgan fingerprint density at radius 2 is 2.12 bits per heavy atom. The molecule has 0 unspecified atom stereocenters. The highest BCUT2D eigenvalue weighted by Crippen LogP contribution is 2.40. The Kier molecular flexibility index (Phi) is 3.63. The average Bonchev–Trinajstić information content (AvgIpc) is 3.02. The number of nitrogens with zero attached hydrogens (tertiary/aromatic N) is 2. The number of benzene rings is 1. The maximum atomic E-state index is 12.4. The number of amides is 1. The van der Waals surface area contributed by atoms with Crippen molar-refractivity contribution < 1.29 is 18.8 Å². The summed E-state index contributed by atoms with van der Waals surface area (Å²) in [6.07, 6.45) is 2.47. The first-order valence-electron chi connectivity index (χ1n) is 8.36. The summed E-state index contributed by atoms with van der Waals surface area (Å²) in [6, 6.07) is 7.36. The van der Waals surface area contributed by atoms with E-state index >= 15 is 0 Å². The van der Waals surface area contributed by atoms with Crippen LogP contribution in [-0.2, 0) is 11.2 Å². The zero-order valence-electron chi connectivity index (χ0n) is 13.7. The number of ether oxygens (including phenoxy) is 2. The minimum atomic E-state index is -0.120. The van der Waals surface area contributed by atoms with Crippen molar-refractivity contribution in [1.29, 1.82) is 0 Å². The van der Waals surface area contributed by atoms with E-state index in [1.165, 1.54) is 11.3 Å². The molecule has 1 fully saturated rings. The highest BCUT2D eigenvalue weighted by Gasteiger charge is 2.29. The molecule has 0 bridgehead atoms. The lowest BCUT2D eigenvalue weighted by Gasteiger charge is -2.05. The van der Waals surface area contributed by atoms with E-state index in [0.717, 1.165) is 29.1 Å². The second-order valence-corrected chi connectivity index (χ2v) is 7.22. The fraction of sp³-hybridized carbons (Fsp3) is 0.278. The molecule has 0 saturated heterocycles. The van der Waals surface area contributed by atoms with Crippen LogP contribution in [0.5, 0.6) is 11.5 Å². The van der Waals surface area contributed by atoms with Crippen LogP contribution < -0.4 is 14.8 Å². The third-order valence-electron chi connectivity index (χ3n) is 4.32. The molecule has 3 heterocycles. The molecule has 1 aliphatic heterocycles. The first-order chi connectivity index (χ1) is 12.8. The van der Waals surface area contributed by atoms with Crippen molar-refractivity contribution >= 4 is 22.9 Å². The van der Waals surface area contributed by atoms with Gasteiger partial charge in [-0.2, -0.15) is 4.98 Å². The van der Waals surface area contributed by atoms with Gasteiger partial charge in [0.15, 0.2) is 17.3 Å². The summed E-state index contributed by atoms with van der Waals surface area (Å²) >= 11 is 1.47. The highest BCUT2D eigenvalue weighted by molar-refractivity contribution is 7.14. The van der Waals surface area contributed by atoms with Crippen LogP contribution in [0, 0.1) is 0 Å². The Balaban J connectivity index is 1.30. The van der Waals surface area contributed by atoms with Crippen molar-refractivity contribution in [2.24, 2.45) is 0 Å². The molecule has 5 rings (SSSR count). The molecule has 1 N–H and O–H groups in total. The fourth-order valence-corrected chi connectivity index (χ4v) is 3.61. The Hall–Kier alpha value is -2.87. The van der Waals surface area contributed by atoms with Crippen LogP contribution in [0.2, 0.25) is 0 Å². The predicted octanol–water partition coefficient (Wildman–Crippen LogP) is 3.59. The van der Waals surface area contributed by atoms with Crippen molar-refractivity contribution in [2.45, 2.75) is 25.2 Å². The van der Waals surface area contributed by atoms with E-state index in [1.807, 2.05) is 29.6 Å². The zero-order valence-corrected chi connectivity index (χ0v) is 14.5. The number of carbonyl (C=O) groups excluding carboxylic acids is 1. The van der Waals surface area contributed by atoms with E-state index in [4.69, 9.17) is 14.0 Å². The number of carbonyl (C=O) groups is 1. The number of aromatic nitrogens is 2. The fourth-order valence-electron chi connectivity index (χ4n) is 2.84. The van der Waals surface area contributed by atoms with Crippen LogP contribution in [-0.4, -0.2) is 22.8 Å². The van der Waals surface area contributed by atoms with Gasteiger partial charge in [0.2, 0.25) is 12.7 Å². The van der Waals surface area contributed by atoms with Crippen molar-refractivity contribution in [3.8, 4) is 22.3 Å². The van der Waals surface area contributed by atoms with Gasteiger partial charge in [-0.05, 0) is 42.0 Å². The van der Waals surface area contributed by atoms with Gasteiger partial charge in [0.25, 0.3) is 5.89 Å².